The van der Waals surface area contributed by atoms with E-state index in [0.717, 1.165) is 24.0 Å². The molecule has 20 heavy (non-hydrogen) atoms. The molecule has 6 heteroatoms. The summed E-state index contributed by atoms with van der Waals surface area (Å²) in [6.07, 6.45) is 2.10. The molecular formula is C14H17ClN2O3. The van der Waals surface area contributed by atoms with Crippen molar-refractivity contribution in [2.24, 2.45) is 5.16 Å². The summed E-state index contributed by atoms with van der Waals surface area (Å²) < 4.78 is 4.89. The lowest BCUT2D eigenvalue weighted by atomic mass is 10.0. The number of oxime groups is 1. The third-order valence-electron chi connectivity index (χ3n) is 3.42. The highest BCUT2D eigenvalue weighted by Crippen LogP contribution is 2.32. The van der Waals surface area contributed by atoms with Crippen molar-refractivity contribution in [1.82, 2.24) is 5.32 Å². The van der Waals surface area contributed by atoms with E-state index in [1.807, 2.05) is 12.1 Å². The molecule has 2 rings (SSSR count). The van der Waals surface area contributed by atoms with Gasteiger partial charge in [-0.3, -0.25) is 4.79 Å². The van der Waals surface area contributed by atoms with Crippen molar-refractivity contribution in [3.8, 4) is 0 Å². The lowest BCUT2D eigenvalue weighted by Crippen LogP contribution is -2.27. The van der Waals surface area contributed by atoms with Crippen LogP contribution in [0.4, 0.5) is 0 Å². The largest absolute Gasteiger partial charge is 0.410 e. The number of methoxy groups -OCH3 is 1. The maximum Gasteiger partial charge on any atom is 0.222 e. The molecule has 108 valence electrons. The Kier molecular flexibility index (Phi) is 4.98. The number of rotatable bonds is 5. The number of carbonyl (C=O) groups is 1. The van der Waals surface area contributed by atoms with Gasteiger partial charge in [-0.1, -0.05) is 28.9 Å². The predicted molar refractivity (Wildman–Crippen MR) is 76.3 cm³/mol. The Bertz CT molecular complexity index is 531. The molecule has 0 heterocycles. The molecule has 1 amide bonds. The lowest BCUT2D eigenvalue weighted by Gasteiger charge is -2.14. The van der Waals surface area contributed by atoms with E-state index in [1.54, 1.807) is 13.2 Å². The van der Waals surface area contributed by atoms with Crippen LogP contribution in [0.3, 0.4) is 0 Å². The zero-order valence-corrected chi connectivity index (χ0v) is 12.0. The van der Waals surface area contributed by atoms with E-state index in [4.69, 9.17) is 21.5 Å². The van der Waals surface area contributed by atoms with Crippen molar-refractivity contribution in [2.75, 3.05) is 13.7 Å². The zero-order chi connectivity index (χ0) is 14.5. The van der Waals surface area contributed by atoms with Crippen molar-refractivity contribution in [1.29, 1.82) is 0 Å². The molecule has 0 radical (unpaired) electrons. The number of halogens is 1. The highest BCUT2D eigenvalue weighted by Gasteiger charge is 2.24. The number of nitrogens with one attached hydrogen (secondary N) is 1. The van der Waals surface area contributed by atoms with Crippen LogP contribution in [0, 0.1) is 0 Å². The zero-order valence-electron chi connectivity index (χ0n) is 11.2. The minimum atomic E-state index is -0.0104. The van der Waals surface area contributed by atoms with Crippen LogP contribution < -0.4 is 5.32 Å². The van der Waals surface area contributed by atoms with Crippen LogP contribution in [0.2, 0.25) is 0 Å². The molecule has 0 saturated heterocycles. The molecule has 0 saturated carbocycles. The number of hydrogen-bond acceptors (Lipinski definition) is 4. The van der Waals surface area contributed by atoms with E-state index in [1.165, 1.54) is 0 Å². The second kappa shape index (κ2) is 6.72. The Labute approximate surface area is 122 Å². The second-order valence-corrected chi connectivity index (χ2v) is 5.06. The molecule has 5 nitrogen and oxygen atoms in total. The van der Waals surface area contributed by atoms with Gasteiger partial charge >= 0.3 is 0 Å². The van der Waals surface area contributed by atoms with Crippen LogP contribution in [0.5, 0.6) is 0 Å². The molecule has 2 N–H and O–H groups in total. The van der Waals surface area contributed by atoms with E-state index >= 15 is 0 Å². The van der Waals surface area contributed by atoms with Gasteiger partial charge in [-0.05, 0) is 30.0 Å². The van der Waals surface area contributed by atoms with Gasteiger partial charge in [0.25, 0.3) is 0 Å². The summed E-state index contributed by atoms with van der Waals surface area (Å²) in [7, 11) is 1.58. The van der Waals surface area contributed by atoms with Gasteiger partial charge in [-0.25, -0.2) is 0 Å². The van der Waals surface area contributed by atoms with Gasteiger partial charge in [0.2, 0.25) is 5.91 Å². The van der Waals surface area contributed by atoms with Crippen LogP contribution in [0.25, 0.3) is 0 Å². The van der Waals surface area contributed by atoms with Gasteiger partial charge in [0.05, 0.1) is 12.6 Å². The average Bonchev–Trinajstić information content (AvgIpc) is 2.86. The van der Waals surface area contributed by atoms with Gasteiger partial charge in [0, 0.05) is 19.1 Å². The Hall–Kier alpha value is -1.59. The van der Waals surface area contributed by atoms with E-state index in [0.29, 0.717) is 18.6 Å². The number of hydrogen-bond donors (Lipinski definition) is 2. The fraction of sp³-hybridized carbons (Fsp3) is 0.429. The number of ether oxygens (including phenoxy) is 1. The third-order valence-corrected chi connectivity index (χ3v) is 3.71. The van der Waals surface area contributed by atoms with E-state index < -0.39 is 0 Å². The summed E-state index contributed by atoms with van der Waals surface area (Å²) in [5.41, 5.74) is 2.91. The maximum absolute atomic E-state index is 11.7. The molecule has 1 unspecified atom stereocenters. The normalized spacial score (nSPS) is 17.9. The number of aryl methyl sites for hydroxylation is 1. The van der Waals surface area contributed by atoms with Crippen molar-refractivity contribution in [3.63, 3.8) is 0 Å². The number of nitrogens with zero attached hydrogens (tertiary/aromatic N) is 1. The fourth-order valence-corrected chi connectivity index (χ4v) is 2.53. The van der Waals surface area contributed by atoms with Crippen LogP contribution in [-0.4, -0.2) is 30.0 Å². The van der Waals surface area contributed by atoms with Crippen molar-refractivity contribution >= 4 is 22.7 Å². The SMILES string of the molecule is COCCC(=O)NC1CCc2cc(C(Cl)=NO)ccc21. The molecular weight excluding hydrogens is 280 g/mol. The number of amides is 1. The topological polar surface area (TPSA) is 70.9 Å². The monoisotopic (exact) mass is 296 g/mol. The summed E-state index contributed by atoms with van der Waals surface area (Å²) in [5, 5.41) is 14.7. The van der Waals surface area contributed by atoms with Crippen molar-refractivity contribution in [3.05, 3.63) is 34.9 Å². The third kappa shape index (κ3) is 3.29. The molecule has 0 fully saturated rings. The van der Waals surface area contributed by atoms with Gasteiger partial charge in [-0.15, -0.1) is 0 Å². The first-order valence-corrected chi connectivity index (χ1v) is 6.82. The molecule has 1 aromatic rings. The van der Waals surface area contributed by atoms with Gasteiger partial charge in [0.1, 0.15) is 0 Å². The summed E-state index contributed by atoms with van der Waals surface area (Å²) in [6.45, 7) is 0.424. The van der Waals surface area contributed by atoms with Crippen LogP contribution in [0.15, 0.2) is 23.4 Å². The summed E-state index contributed by atoms with van der Waals surface area (Å²) in [4.78, 5) is 11.7. The Morgan fingerprint density at radius 3 is 3.10 bits per heavy atom. The quantitative estimate of drug-likeness (QED) is 0.497. The number of fused-ring (bicyclic) bond motifs is 1. The number of benzene rings is 1. The standard InChI is InChI=1S/C14H17ClN2O3/c1-20-7-6-13(18)16-12-5-3-9-8-10(14(15)17-19)2-4-11(9)12/h2,4,8,12,19H,3,5-7H2,1H3,(H,16,18). The molecule has 0 aliphatic heterocycles. The molecule has 0 spiro atoms. The summed E-state index contributed by atoms with van der Waals surface area (Å²) in [6, 6.07) is 5.65. The fourth-order valence-electron chi connectivity index (χ4n) is 2.41. The molecule has 1 atom stereocenters. The smallest absolute Gasteiger partial charge is 0.222 e. The van der Waals surface area contributed by atoms with E-state index in [9.17, 15) is 4.79 Å². The lowest BCUT2D eigenvalue weighted by molar-refractivity contribution is -0.122. The van der Waals surface area contributed by atoms with E-state index in [2.05, 4.69) is 10.5 Å². The van der Waals surface area contributed by atoms with Gasteiger partial charge < -0.3 is 15.3 Å². The number of carbonyl (C=O) groups excluding carboxylic acids is 1. The first-order chi connectivity index (χ1) is 9.65. The Morgan fingerprint density at radius 1 is 1.60 bits per heavy atom. The first-order valence-electron chi connectivity index (χ1n) is 6.44. The predicted octanol–water partition coefficient (Wildman–Crippen LogP) is 2.20. The summed E-state index contributed by atoms with van der Waals surface area (Å²) >= 11 is 5.79. The molecule has 0 aromatic heterocycles. The van der Waals surface area contributed by atoms with Crippen LogP contribution >= 0.6 is 11.6 Å². The highest BCUT2D eigenvalue weighted by molar-refractivity contribution is 6.69. The van der Waals surface area contributed by atoms with Crippen molar-refractivity contribution in [2.45, 2.75) is 25.3 Å². The molecule has 1 aliphatic carbocycles. The van der Waals surface area contributed by atoms with Crippen LogP contribution in [0.1, 0.15) is 35.6 Å². The second-order valence-electron chi connectivity index (χ2n) is 4.71. The van der Waals surface area contributed by atoms with Gasteiger partial charge in [0.15, 0.2) is 5.17 Å². The first kappa shape index (κ1) is 14.8. The Balaban J connectivity index is 2.08. The minimum absolute atomic E-state index is 0.0104. The van der Waals surface area contributed by atoms with Gasteiger partial charge in [-0.2, -0.15) is 0 Å². The van der Waals surface area contributed by atoms with Crippen molar-refractivity contribution < 1.29 is 14.7 Å². The summed E-state index contributed by atoms with van der Waals surface area (Å²) in [5.74, 6) is -0.0104. The molecule has 0 bridgehead atoms. The van der Waals surface area contributed by atoms with Crippen LogP contribution in [-0.2, 0) is 16.0 Å². The maximum atomic E-state index is 11.7. The van der Waals surface area contributed by atoms with E-state index in [-0.39, 0.29) is 17.1 Å². The molecule has 1 aliphatic rings. The molecule has 1 aromatic carbocycles. The highest BCUT2D eigenvalue weighted by atomic mass is 35.5. The average molecular weight is 297 g/mol. The Morgan fingerprint density at radius 2 is 2.40 bits per heavy atom. The minimum Gasteiger partial charge on any atom is -0.410 e.